The van der Waals surface area contributed by atoms with Crippen LogP contribution in [-0.4, -0.2) is 88.8 Å². The maximum absolute atomic E-state index is 12.5. The van der Waals surface area contributed by atoms with Gasteiger partial charge < -0.3 is 28.6 Å². The Kier molecular flexibility index (Phi) is 8.47. The second-order valence-corrected chi connectivity index (χ2v) is 8.32. The zero-order chi connectivity index (χ0) is 24.2. The Hall–Kier alpha value is -2.83. The van der Waals surface area contributed by atoms with E-state index in [1.165, 1.54) is 23.6 Å². The van der Waals surface area contributed by atoms with Crippen molar-refractivity contribution in [2.75, 3.05) is 12.4 Å². The summed E-state index contributed by atoms with van der Waals surface area (Å²) < 4.78 is 26.3. The number of morpholine rings is 1. The van der Waals surface area contributed by atoms with Crippen molar-refractivity contribution in [2.24, 2.45) is 0 Å². The molecule has 2 aliphatic heterocycles. The molecule has 2 saturated heterocycles. The third-order valence-corrected chi connectivity index (χ3v) is 5.94. The maximum atomic E-state index is 12.5. The summed E-state index contributed by atoms with van der Waals surface area (Å²) >= 11 is 1.23. The van der Waals surface area contributed by atoms with Crippen LogP contribution in [0.1, 0.15) is 34.6 Å². The Labute approximate surface area is 188 Å². The van der Waals surface area contributed by atoms with E-state index in [4.69, 9.17) is 23.7 Å². The van der Waals surface area contributed by atoms with Gasteiger partial charge in [-0.15, -0.1) is 11.8 Å². The van der Waals surface area contributed by atoms with Crippen LogP contribution < -0.4 is 0 Å². The van der Waals surface area contributed by atoms with Crippen molar-refractivity contribution < 1.29 is 52.5 Å². The number of rotatable bonds is 8. The van der Waals surface area contributed by atoms with Gasteiger partial charge in [0, 0.05) is 40.4 Å². The first-order chi connectivity index (χ1) is 14.9. The summed E-state index contributed by atoms with van der Waals surface area (Å²) in [6.45, 7) is 5.13. The van der Waals surface area contributed by atoms with E-state index in [9.17, 15) is 28.8 Å². The largest absolute Gasteiger partial charge is 0.462 e. The van der Waals surface area contributed by atoms with Crippen LogP contribution in [-0.2, 0) is 52.5 Å². The van der Waals surface area contributed by atoms with Crippen LogP contribution in [0.25, 0.3) is 0 Å². The van der Waals surface area contributed by atoms with Crippen molar-refractivity contribution in [1.82, 2.24) is 4.90 Å². The topological polar surface area (TPSA) is 152 Å². The number of thioether (sulfide) groups is 1. The number of cyclic esters (lactones) is 1. The van der Waals surface area contributed by atoms with Gasteiger partial charge in [-0.1, -0.05) is 0 Å². The fraction of sp³-hybridized carbons (Fsp3) is 0.684. The number of fused-ring (bicyclic) bond motifs is 2. The molecule has 0 N–H and O–H groups in total. The predicted molar refractivity (Wildman–Crippen MR) is 106 cm³/mol. The van der Waals surface area contributed by atoms with Gasteiger partial charge in [-0.2, -0.15) is 0 Å². The van der Waals surface area contributed by atoms with E-state index in [1.54, 1.807) is 0 Å². The minimum absolute atomic E-state index is 0.269. The van der Waals surface area contributed by atoms with Gasteiger partial charge in [0.1, 0.15) is 18.0 Å². The zero-order valence-electron chi connectivity index (χ0n) is 18.2. The van der Waals surface area contributed by atoms with Crippen molar-refractivity contribution >= 4 is 47.5 Å². The van der Waals surface area contributed by atoms with Gasteiger partial charge in [-0.25, -0.2) is 4.79 Å². The summed E-state index contributed by atoms with van der Waals surface area (Å²) in [7, 11) is 0. The molecule has 0 radical (unpaired) electrons. The highest BCUT2D eigenvalue weighted by Crippen LogP contribution is 2.40. The van der Waals surface area contributed by atoms with Crippen molar-refractivity contribution in [3.05, 3.63) is 0 Å². The SMILES string of the molecule is CC(=O)OCC(OC(C)=O)C(OC(C)=O)C(OC(C)=O)C1OC(=O)C2CSC1N2C(C)=O. The van der Waals surface area contributed by atoms with Gasteiger partial charge in [0.15, 0.2) is 24.4 Å². The Morgan fingerprint density at radius 2 is 1.56 bits per heavy atom. The zero-order valence-corrected chi connectivity index (χ0v) is 19.0. The number of esters is 5. The fourth-order valence-electron chi connectivity index (χ4n) is 3.53. The molecule has 32 heavy (non-hydrogen) atoms. The number of hydrogen-bond acceptors (Lipinski definition) is 12. The molecule has 0 aromatic rings. The number of hydrogen-bond donors (Lipinski definition) is 0. The molecule has 6 atom stereocenters. The van der Waals surface area contributed by atoms with Crippen LogP contribution in [0.5, 0.6) is 0 Å². The van der Waals surface area contributed by atoms with Crippen molar-refractivity contribution in [2.45, 2.75) is 70.5 Å². The number of amides is 1. The first-order valence-corrected chi connectivity index (χ1v) is 10.7. The lowest BCUT2D eigenvalue weighted by molar-refractivity contribution is -0.212. The molecule has 2 fully saturated rings. The molecule has 13 heteroatoms. The lowest BCUT2D eigenvalue weighted by Crippen LogP contribution is -2.63. The summed E-state index contributed by atoms with van der Waals surface area (Å²) in [5.74, 6) is -3.96. The molecule has 178 valence electrons. The van der Waals surface area contributed by atoms with E-state index in [2.05, 4.69) is 0 Å². The standard InChI is InChI=1S/C19H25NO11S/c1-8(21)20-13-7-32-18(20)17(31-19(13)26)16(30-12(5)25)15(29-11(4)24)14(28-10(3)23)6-27-9(2)22/h13-18H,6-7H2,1-5H3. The lowest BCUT2D eigenvalue weighted by Gasteiger charge is -2.42. The second kappa shape index (κ2) is 10.7. The van der Waals surface area contributed by atoms with E-state index in [-0.39, 0.29) is 5.75 Å². The maximum Gasteiger partial charge on any atom is 0.330 e. The van der Waals surface area contributed by atoms with Crippen LogP contribution in [0.2, 0.25) is 0 Å². The number of ether oxygens (including phenoxy) is 5. The molecule has 1 amide bonds. The van der Waals surface area contributed by atoms with Gasteiger partial charge in [0.25, 0.3) is 0 Å². The average molecular weight is 475 g/mol. The number of carbonyl (C=O) groups is 6. The third-order valence-electron chi connectivity index (χ3n) is 4.59. The quantitative estimate of drug-likeness (QED) is 0.330. The number of carbonyl (C=O) groups excluding carboxylic acids is 6. The predicted octanol–water partition coefficient (Wildman–Crippen LogP) is -0.440. The first kappa shape index (κ1) is 25.4. The highest BCUT2D eigenvalue weighted by Gasteiger charge is 2.57. The minimum atomic E-state index is -1.51. The van der Waals surface area contributed by atoms with Gasteiger partial charge in [-0.3, -0.25) is 24.0 Å². The molecule has 0 saturated carbocycles. The average Bonchev–Trinajstić information content (AvgIpc) is 3.03. The Balaban J connectivity index is 2.49. The Morgan fingerprint density at radius 1 is 0.969 bits per heavy atom. The number of nitrogens with zero attached hydrogens (tertiary/aromatic N) is 1. The highest BCUT2D eigenvalue weighted by molar-refractivity contribution is 8.00. The molecule has 2 aliphatic rings. The van der Waals surface area contributed by atoms with Crippen LogP contribution >= 0.6 is 11.8 Å². The van der Waals surface area contributed by atoms with Crippen LogP contribution in [0.3, 0.4) is 0 Å². The van der Waals surface area contributed by atoms with Gasteiger partial charge in [0.2, 0.25) is 5.91 Å². The molecule has 2 rings (SSSR count). The normalized spacial score (nSPS) is 24.5. The van der Waals surface area contributed by atoms with E-state index in [0.717, 1.165) is 27.7 Å². The van der Waals surface area contributed by atoms with Gasteiger partial charge in [-0.05, 0) is 0 Å². The monoisotopic (exact) mass is 475 g/mol. The van der Waals surface area contributed by atoms with Crippen LogP contribution in [0.15, 0.2) is 0 Å². The smallest absolute Gasteiger partial charge is 0.330 e. The Bertz CT molecular complexity index is 800. The molecule has 0 aromatic heterocycles. The van der Waals surface area contributed by atoms with E-state index >= 15 is 0 Å². The summed E-state index contributed by atoms with van der Waals surface area (Å²) in [5.41, 5.74) is 0. The highest BCUT2D eigenvalue weighted by atomic mass is 32.2. The van der Waals surface area contributed by atoms with Crippen molar-refractivity contribution in [3.63, 3.8) is 0 Å². The molecule has 2 bridgehead atoms. The molecular weight excluding hydrogens is 450 g/mol. The molecule has 0 aliphatic carbocycles. The van der Waals surface area contributed by atoms with Gasteiger partial charge in [0.05, 0.1) is 0 Å². The molecule has 0 aromatic carbocycles. The first-order valence-electron chi connectivity index (χ1n) is 9.68. The van der Waals surface area contributed by atoms with E-state index in [1.807, 2.05) is 0 Å². The summed E-state index contributed by atoms with van der Waals surface area (Å²) in [6.07, 6.45) is -5.63. The lowest BCUT2D eigenvalue weighted by atomic mass is 9.99. The molecular formula is C19H25NO11S. The van der Waals surface area contributed by atoms with E-state index in [0.29, 0.717) is 0 Å². The van der Waals surface area contributed by atoms with E-state index < -0.39 is 78.2 Å². The molecule has 2 heterocycles. The van der Waals surface area contributed by atoms with Crippen molar-refractivity contribution in [3.8, 4) is 0 Å². The summed E-state index contributed by atoms with van der Waals surface area (Å²) in [6, 6.07) is -0.797. The van der Waals surface area contributed by atoms with Crippen LogP contribution in [0, 0.1) is 0 Å². The molecule has 12 nitrogen and oxygen atoms in total. The molecule has 0 spiro atoms. The Morgan fingerprint density at radius 3 is 2.06 bits per heavy atom. The second-order valence-electron chi connectivity index (χ2n) is 7.17. The fourth-order valence-corrected chi connectivity index (χ4v) is 5.06. The van der Waals surface area contributed by atoms with Gasteiger partial charge >= 0.3 is 29.8 Å². The van der Waals surface area contributed by atoms with Crippen LogP contribution in [0.4, 0.5) is 0 Å². The molecule has 6 unspecified atom stereocenters. The van der Waals surface area contributed by atoms with Crippen molar-refractivity contribution in [1.29, 1.82) is 0 Å². The summed E-state index contributed by atoms with van der Waals surface area (Å²) in [5, 5.41) is -0.746. The summed E-state index contributed by atoms with van der Waals surface area (Å²) in [4.78, 5) is 72.8. The minimum Gasteiger partial charge on any atom is -0.462 e. The third kappa shape index (κ3) is 6.11.